The van der Waals surface area contributed by atoms with Crippen molar-refractivity contribution in [2.24, 2.45) is 0 Å². The van der Waals surface area contributed by atoms with E-state index >= 15 is 0 Å². The van der Waals surface area contributed by atoms with Gasteiger partial charge in [-0.25, -0.2) is 4.98 Å². The minimum Gasteiger partial charge on any atom is -0.510 e. The molecule has 2 aliphatic heterocycles. The van der Waals surface area contributed by atoms with Crippen molar-refractivity contribution in [2.75, 3.05) is 26.2 Å². The van der Waals surface area contributed by atoms with Crippen molar-refractivity contribution in [2.45, 2.75) is 26.2 Å². The Labute approximate surface area is 133 Å². The first-order valence-corrected chi connectivity index (χ1v) is 8.40. The number of aliphatic hydroxyl groups is 1. The smallest absolute Gasteiger partial charge is 0.222 e. The van der Waals surface area contributed by atoms with Crippen LogP contribution in [0.1, 0.15) is 30.0 Å². The van der Waals surface area contributed by atoms with Crippen LogP contribution in [-0.2, 0) is 4.79 Å². The Morgan fingerprint density at radius 1 is 1.41 bits per heavy atom. The van der Waals surface area contributed by atoms with Crippen LogP contribution in [0.4, 0.5) is 0 Å². The molecule has 0 aliphatic carbocycles. The molecule has 0 spiro atoms. The van der Waals surface area contributed by atoms with Gasteiger partial charge in [-0.05, 0) is 19.8 Å². The van der Waals surface area contributed by atoms with Gasteiger partial charge in [0.15, 0.2) is 0 Å². The van der Waals surface area contributed by atoms with Crippen molar-refractivity contribution >= 4 is 28.7 Å². The molecule has 118 valence electrons. The van der Waals surface area contributed by atoms with E-state index in [1.54, 1.807) is 0 Å². The number of hydrogen-bond acceptors (Lipinski definition) is 5. The summed E-state index contributed by atoms with van der Waals surface area (Å²) in [5.74, 6) is 0.785. The zero-order valence-electron chi connectivity index (χ0n) is 12.6. The number of likely N-dealkylation sites (tertiary alicyclic amines) is 1. The van der Waals surface area contributed by atoms with E-state index < -0.39 is 0 Å². The number of rotatable bonds is 5. The van der Waals surface area contributed by atoms with Gasteiger partial charge >= 0.3 is 0 Å². The zero-order chi connectivity index (χ0) is 15.7. The Kier molecular flexibility index (Phi) is 4.15. The summed E-state index contributed by atoms with van der Waals surface area (Å²) in [6.45, 7) is 4.51. The molecule has 1 aromatic heterocycles. The fraction of sp³-hybridized carbons (Fsp3) is 0.533. The summed E-state index contributed by atoms with van der Waals surface area (Å²) in [4.78, 5) is 19.7. The summed E-state index contributed by atoms with van der Waals surface area (Å²) in [6, 6.07) is 0. The number of nitrogens with zero attached hydrogens (tertiary/aromatic N) is 3. The average molecular weight is 320 g/mol. The fourth-order valence-corrected chi connectivity index (χ4v) is 3.77. The predicted octanol–water partition coefficient (Wildman–Crippen LogP) is 2.03. The van der Waals surface area contributed by atoms with Gasteiger partial charge in [-0.2, -0.15) is 0 Å². The number of carbonyl (C=O) groups excluding carboxylic acids is 1. The van der Waals surface area contributed by atoms with Crippen molar-refractivity contribution in [1.82, 2.24) is 14.8 Å². The normalized spacial score (nSPS) is 19.0. The van der Waals surface area contributed by atoms with Gasteiger partial charge in [0.1, 0.15) is 16.6 Å². The van der Waals surface area contributed by atoms with E-state index in [0.29, 0.717) is 35.9 Å². The molecule has 22 heavy (non-hydrogen) atoms. The van der Waals surface area contributed by atoms with Gasteiger partial charge in [-0.15, -0.1) is 11.3 Å². The molecule has 0 saturated carbocycles. The molecule has 3 rings (SSSR count). The Bertz CT molecular complexity index is 637. The number of nitrogens with one attached hydrogen (secondary N) is 1. The summed E-state index contributed by atoms with van der Waals surface area (Å²) >= 11 is 1.45. The summed E-state index contributed by atoms with van der Waals surface area (Å²) in [7, 11) is 0. The van der Waals surface area contributed by atoms with Gasteiger partial charge in [0, 0.05) is 37.1 Å². The lowest BCUT2D eigenvalue weighted by Crippen LogP contribution is -2.32. The van der Waals surface area contributed by atoms with Crippen LogP contribution < -0.4 is 0 Å². The largest absolute Gasteiger partial charge is 0.510 e. The molecule has 0 radical (unpaired) electrons. The van der Waals surface area contributed by atoms with Crippen LogP contribution in [0, 0.1) is 12.3 Å². The van der Waals surface area contributed by atoms with Crippen molar-refractivity contribution in [3.63, 3.8) is 0 Å². The molecule has 7 heteroatoms. The van der Waals surface area contributed by atoms with Gasteiger partial charge in [-0.1, -0.05) is 0 Å². The number of carbonyl (C=O) groups is 1. The highest BCUT2D eigenvalue weighted by atomic mass is 32.1. The van der Waals surface area contributed by atoms with Gasteiger partial charge in [-0.3, -0.25) is 10.2 Å². The van der Waals surface area contributed by atoms with Crippen LogP contribution in [0.2, 0.25) is 0 Å². The van der Waals surface area contributed by atoms with Gasteiger partial charge in [0.25, 0.3) is 0 Å². The Morgan fingerprint density at radius 3 is 2.82 bits per heavy atom. The lowest BCUT2D eigenvalue weighted by Gasteiger charge is -2.21. The van der Waals surface area contributed by atoms with E-state index in [4.69, 9.17) is 5.41 Å². The average Bonchev–Trinajstić information content (AvgIpc) is 3.13. The molecule has 2 N–H and O–H groups in total. The summed E-state index contributed by atoms with van der Waals surface area (Å²) in [6.07, 6.45) is 2.43. The Hall–Kier alpha value is -1.89. The van der Waals surface area contributed by atoms with E-state index in [-0.39, 0.29) is 11.7 Å². The molecule has 1 fully saturated rings. The van der Waals surface area contributed by atoms with E-state index in [9.17, 15) is 9.90 Å². The van der Waals surface area contributed by atoms with Crippen LogP contribution in [-0.4, -0.2) is 57.8 Å². The topological polar surface area (TPSA) is 80.5 Å². The van der Waals surface area contributed by atoms with Crippen molar-refractivity contribution < 1.29 is 9.90 Å². The minimum atomic E-state index is 0.219. The van der Waals surface area contributed by atoms with Crippen LogP contribution >= 0.6 is 11.3 Å². The molecular formula is C15H20N4O2S. The lowest BCUT2D eigenvalue weighted by atomic mass is 10.2. The monoisotopic (exact) mass is 320 g/mol. The number of thiazole rings is 1. The predicted molar refractivity (Wildman–Crippen MR) is 86.1 cm³/mol. The molecule has 0 unspecified atom stereocenters. The van der Waals surface area contributed by atoms with Crippen LogP contribution in [0.15, 0.2) is 11.1 Å². The van der Waals surface area contributed by atoms with Gasteiger partial charge in [0.2, 0.25) is 5.91 Å². The van der Waals surface area contributed by atoms with Crippen LogP contribution in [0.3, 0.4) is 0 Å². The maximum Gasteiger partial charge on any atom is 0.222 e. The Balaban J connectivity index is 1.57. The second-order valence-electron chi connectivity index (χ2n) is 5.72. The summed E-state index contributed by atoms with van der Waals surface area (Å²) < 4.78 is 0. The molecule has 2 aliphatic rings. The first-order chi connectivity index (χ1) is 10.6. The molecule has 0 aromatic carbocycles. The molecule has 3 heterocycles. The highest BCUT2D eigenvalue weighted by molar-refractivity contribution is 7.11. The lowest BCUT2D eigenvalue weighted by molar-refractivity contribution is -0.127. The van der Waals surface area contributed by atoms with E-state index in [1.807, 2.05) is 22.1 Å². The SMILES string of the molecule is Cc1csc(C2=C(O)CN(CCCN3CCCC3=O)C2=N)n1. The second-order valence-corrected chi connectivity index (χ2v) is 6.58. The summed E-state index contributed by atoms with van der Waals surface area (Å²) in [5, 5.41) is 21.0. The van der Waals surface area contributed by atoms with Crippen LogP contribution in [0.5, 0.6) is 0 Å². The number of aromatic nitrogens is 1. The van der Waals surface area contributed by atoms with Crippen molar-refractivity contribution in [1.29, 1.82) is 5.41 Å². The van der Waals surface area contributed by atoms with E-state index in [1.165, 1.54) is 11.3 Å². The highest BCUT2D eigenvalue weighted by Gasteiger charge is 2.30. The van der Waals surface area contributed by atoms with E-state index in [2.05, 4.69) is 4.98 Å². The third-order valence-electron chi connectivity index (χ3n) is 4.04. The van der Waals surface area contributed by atoms with Crippen molar-refractivity contribution in [3.05, 3.63) is 21.8 Å². The number of hydrogen-bond donors (Lipinski definition) is 2. The van der Waals surface area contributed by atoms with Crippen LogP contribution in [0.25, 0.3) is 5.57 Å². The first kappa shape index (κ1) is 15.0. The number of amides is 1. The summed E-state index contributed by atoms with van der Waals surface area (Å²) in [5.41, 5.74) is 1.45. The third kappa shape index (κ3) is 2.85. The molecule has 1 saturated heterocycles. The maximum absolute atomic E-state index is 11.6. The maximum atomic E-state index is 11.6. The molecular weight excluding hydrogens is 300 g/mol. The third-order valence-corrected chi connectivity index (χ3v) is 5.02. The standard InChI is InChI=1S/C15H20N4O2S/c1-10-9-22-15(17-10)13-11(20)8-19(14(13)16)7-3-6-18-5-2-4-12(18)21/h9,16,20H,2-8H2,1H3. The molecule has 0 bridgehead atoms. The number of amidine groups is 1. The Morgan fingerprint density at radius 2 is 2.18 bits per heavy atom. The zero-order valence-corrected chi connectivity index (χ0v) is 13.4. The second kappa shape index (κ2) is 6.08. The molecule has 6 nitrogen and oxygen atoms in total. The number of aryl methyl sites for hydroxylation is 1. The van der Waals surface area contributed by atoms with Crippen molar-refractivity contribution in [3.8, 4) is 0 Å². The highest BCUT2D eigenvalue weighted by Crippen LogP contribution is 2.29. The first-order valence-electron chi connectivity index (χ1n) is 7.52. The van der Waals surface area contributed by atoms with Gasteiger partial charge < -0.3 is 14.9 Å². The van der Waals surface area contributed by atoms with E-state index in [0.717, 1.165) is 31.6 Å². The molecule has 0 atom stereocenters. The molecule has 1 amide bonds. The minimum absolute atomic E-state index is 0.219. The quantitative estimate of drug-likeness (QED) is 0.870. The molecule has 1 aromatic rings. The number of aliphatic hydroxyl groups excluding tert-OH is 1. The van der Waals surface area contributed by atoms with Gasteiger partial charge in [0.05, 0.1) is 12.1 Å². The fourth-order valence-electron chi connectivity index (χ4n) is 2.91.